The highest BCUT2D eigenvalue weighted by Gasteiger charge is 2.39. The second-order valence-corrected chi connectivity index (χ2v) is 5.32. The van der Waals surface area contributed by atoms with Crippen molar-refractivity contribution in [3.05, 3.63) is 0 Å². The number of piperidine rings is 1. The van der Waals surface area contributed by atoms with Crippen molar-refractivity contribution in [3.8, 4) is 0 Å². The number of rotatable bonds is 6. The Hall–Kier alpha value is -1.10. The smallest absolute Gasteiger partial charge is 0.305 e. The highest BCUT2D eigenvalue weighted by atomic mass is 16.5. The topological polar surface area (TPSA) is 58.6 Å². The number of nitrogens with zero attached hydrogens (tertiary/aromatic N) is 1. The van der Waals surface area contributed by atoms with E-state index in [0.717, 1.165) is 32.4 Å². The lowest BCUT2D eigenvalue weighted by Gasteiger charge is -2.38. The van der Waals surface area contributed by atoms with Crippen LogP contribution in [0.2, 0.25) is 0 Å². The second-order valence-electron chi connectivity index (χ2n) is 5.32. The molecule has 1 N–H and O–H groups in total. The fourth-order valence-electron chi connectivity index (χ4n) is 2.67. The molecule has 1 aliphatic heterocycles. The Morgan fingerprint density at radius 3 is 2.68 bits per heavy atom. The van der Waals surface area contributed by atoms with E-state index >= 15 is 0 Å². The standard InChI is InChI=1S/C14H26N2O3/c1-4-14(8-6-9-15-11-14)13(18)16(2)10-5-7-12(17)19-3/h15H,4-11H2,1-3H3. The van der Waals surface area contributed by atoms with E-state index in [0.29, 0.717) is 19.4 Å². The molecule has 5 heteroatoms. The van der Waals surface area contributed by atoms with Gasteiger partial charge in [-0.15, -0.1) is 0 Å². The van der Waals surface area contributed by atoms with Crippen LogP contribution >= 0.6 is 0 Å². The van der Waals surface area contributed by atoms with Gasteiger partial charge in [-0.05, 0) is 32.2 Å². The van der Waals surface area contributed by atoms with E-state index < -0.39 is 0 Å². The van der Waals surface area contributed by atoms with Crippen molar-refractivity contribution in [1.29, 1.82) is 0 Å². The molecular formula is C14H26N2O3. The zero-order valence-corrected chi connectivity index (χ0v) is 12.3. The molecule has 0 aromatic carbocycles. The van der Waals surface area contributed by atoms with Gasteiger partial charge in [0.2, 0.25) is 5.91 Å². The number of carbonyl (C=O) groups excluding carboxylic acids is 2. The molecule has 0 aliphatic carbocycles. The summed E-state index contributed by atoms with van der Waals surface area (Å²) in [5.41, 5.74) is -0.252. The monoisotopic (exact) mass is 270 g/mol. The van der Waals surface area contributed by atoms with Crippen molar-refractivity contribution in [2.24, 2.45) is 5.41 Å². The summed E-state index contributed by atoms with van der Waals surface area (Å²) in [6, 6.07) is 0. The molecule has 0 aromatic heterocycles. The molecule has 1 saturated heterocycles. The third-order valence-corrected chi connectivity index (χ3v) is 4.05. The lowest BCUT2D eigenvalue weighted by molar-refractivity contribution is -0.144. The van der Waals surface area contributed by atoms with Crippen molar-refractivity contribution in [3.63, 3.8) is 0 Å². The van der Waals surface area contributed by atoms with Crippen LogP contribution in [-0.4, -0.2) is 50.6 Å². The van der Waals surface area contributed by atoms with Gasteiger partial charge in [0.25, 0.3) is 0 Å². The number of esters is 1. The first-order chi connectivity index (χ1) is 9.05. The van der Waals surface area contributed by atoms with E-state index in [4.69, 9.17) is 0 Å². The fraction of sp³-hybridized carbons (Fsp3) is 0.857. The van der Waals surface area contributed by atoms with Gasteiger partial charge in [0, 0.05) is 26.6 Å². The molecule has 110 valence electrons. The summed E-state index contributed by atoms with van der Waals surface area (Å²) in [6.45, 7) is 4.45. The molecule has 19 heavy (non-hydrogen) atoms. The molecule has 0 saturated carbocycles. The molecule has 1 amide bonds. The quantitative estimate of drug-likeness (QED) is 0.736. The minimum Gasteiger partial charge on any atom is -0.469 e. The molecule has 0 bridgehead atoms. The number of hydrogen-bond acceptors (Lipinski definition) is 4. The highest BCUT2D eigenvalue weighted by Crippen LogP contribution is 2.32. The Balaban J connectivity index is 2.47. The van der Waals surface area contributed by atoms with Crippen LogP contribution in [0.25, 0.3) is 0 Å². The molecule has 1 rings (SSSR count). The number of methoxy groups -OCH3 is 1. The van der Waals surface area contributed by atoms with Crippen molar-refractivity contribution < 1.29 is 14.3 Å². The summed E-state index contributed by atoms with van der Waals surface area (Å²) in [7, 11) is 3.21. The molecule has 0 aromatic rings. The Labute approximate surface area is 115 Å². The van der Waals surface area contributed by atoms with Crippen LogP contribution in [0, 0.1) is 5.41 Å². The van der Waals surface area contributed by atoms with Crippen molar-refractivity contribution in [2.45, 2.75) is 39.0 Å². The first kappa shape index (κ1) is 16.0. The Morgan fingerprint density at radius 2 is 2.16 bits per heavy atom. The van der Waals surface area contributed by atoms with Gasteiger partial charge in [0.05, 0.1) is 12.5 Å². The predicted octanol–water partition coefficient (Wildman–Crippen LogP) is 1.18. The fourth-order valence-corrected chi connectivity index (χ4v) is 2.67. The van der Waals surface area contributed by atoms with Gasteiger partial charge in [-0.1, -0.05) is 6.92 Å². The van der Waals surface area contributed by atoms with Crippen molar-refractivity contribution in [2.75, 3.05) is 33.8 Å². The number of amides is 1. The largest absolute Gasteiger partial charge is 0.469 e. The van der Waals surface area contributed by atoms with E-state index in [2.05, 4.69) is 17.0 Å². The van der Waals surface area contributed by atoms with Gasteiger partial charge in [0.15, 0.2) is 0 Å². The third-order valence-electron chi connectivity index (χ3n) is 4.05. The molecule has 1 aliphatic rings. The van der Waals surface area contributed by atoms with Gasteiger partial charge in [-0.2, -0.15) is 0 Å². The molecule has 0 spiro atoms. The Bertz CT molecular complexity index is 312. The summed E-state index contributed by atoms with van der Waals surface area (Å²) in [6.07, 6.45) is 3.89. The predicted molar refractivity (Wildman–Crippen MR) is 73.7 cm³/mol. The van der Waals surface area contributed by atoms with E-state index in [9.17, 15) is 9.59 Å². The minimum absolute atomic E-state index is 0.201. The molecule has 1 fully saturated rings. The SMILES string of the molecule is CCC1(C(=O)N(C)CCCC(=O)OC)CCCNC1. The van der Waals surface area contributed by atoms with E-state index in [1.54, 1.807) is 4.90 Å². The Kier molecular flexibility index (Phi) is 6.28. The summed E-state index contributed by atoms with van der Waals surface area (Å²) >= 11 is 0. The molecular weight excluding hydrogens is 244 g/mol. The first-order valence-corrected chi connectivity index (χ1v) is 7.09. The van der Waals surface area contributed by atoms with Crippen molar-refractivity contribution >= 4 is 11.9 Å². The number of carbonyl (C=O) groups is 2. The van der Waals surface area contributed by atoms with Crippen LogP contribution in [0.3, 0.4) is 0 Å². The molecule has 0 radical (unpaired) electrons. The zero-order chi connectivity index (χ0) is 14.3. The maximum absolute atomic E-state index is 12.6. The number of hydrogen-bond donors (Lipinski definition) is 1. The number of ether oxygens (including phenoxy) is 1. The van der Waals surface area contributed by atoms with Crippen LogP contribution < -0.4 is 5.32 Å². The summed E-state index contributed by atoms with van der Waals surface area (Å²) in [5.74, 6) is -0.0162. The van der Waals surface area contributed by atoms with Gasteiger partial charge < -0.3 is 15.0 Å². The molecule has 1 unspecified atom stereocenters. The van der Waals surface area contributed by atoms with Crippen molar-refractivity contribution in [1.82, 2.24) is 10.2 Å². The van der Waals surface area contributed by atoms with Crippen LogP contribution in [0.15, 0.2) is 0 Å². The molecule has 5 nitrogen and oxygen atoms in total. The highest BCUT2D eigenvalue weighted by molar-refractivity contribution is 5.83. The minimum atomic E-state index is -0.252. The van der Waals surface area contributed by atoms with Crippen LogP contribution in [0.1, 0.15) is 39.0 Å². The van der Waals surface area contributed by atoms with Gasteiger partial charge >= 0.3 is 5.97 Å². The van der Waals surface area contributed by atoms with Gasteiger partial charge in [-0.3, -0.25) is 9.59 Å². The van der Waals surface area contributed by atoms with E-state index in [-0.39, 0.29) is 17.3 Å². The maximum Gasteiger partial charge on any atom is 0.305 e. The average Bonchev–Trinajstić information content (AvgIpc) is 2.46. The zero-order valence-electron chi connectivity index (χ0n) is 12.3. The first-order valence-electron chi connectivity index (χ1n) is 7.09. The summed E-state index contributed by atoms with van der Waals surface area (Å²) < 4.78 is 4.60. The lowest BCUT2D eigenvalue weighted by atomic mass is 9.77. The second kappa shape index (κ2) is 7.48. The maximum atomic E-state index is 12.6. The van der Waals surface area contributed by atoms with Crippen LogP contribution in [0.5, 0.6) is 0 Å². The average molecular weight is 270 g/mol. The van der Waals surface area contributed by atoms with E-state index in [1.807, 2.05) is 7.05 Å². The lowest BCUT2D eigenvalue weighted by Crippen LogP contribution is -2.50. The Morgan fingerprint density at radius 1 is 1.42 bits per heavy atom. The third kappa shape index (κ3) is 4.20. The number of nitrogens with one attached hydrogen (secondary N) is 1. The molecule has 1 heterocycles. The summed E-state index contributed by atoms with van der Waals surface area (Å²) in [4.78, 5) is 25.4. The van der Waals surface area contributed by atoms with Gasteiger partial charge in [-0.25, -0.2) is 0 Å². The van der Waals surface area contributed by atoms with E-state index in [1.165, 1.54) is 7.11 Å². The van der Waals surface area contributed by atoms with Crippen LogP contribution in [0.4, 0.5) is 0 Å². The normalized spacial score (nSPS) is 22.9. The summed E-state index contributed by atoms with van der Waals surface area (Å²) in [5, 5.41) is 3.32. The van der Waals surface area contributed by atoms with Crippen LogP contribution in [-0.2, 0) is 14.3 Å². The van der Waals surface area contributed by atoms with Gasteiger partial charge in [0.1, 0.15) is 0 Å². The molecule has 1 atom stereocenters.